The summed E-state index contributed by atoms with van der Waals surface area (Å²) >= 11 is 3.32. The predicted molar refractivity (Wildman–Crippen MR) is 151 cm³/mol. The van der Waals surface area contributed by atoms with Crippen molar-refractivity contribution in [1.82, 2.24) is 4.90 Å². The van der Waals surface area contributed by atoms with Crippen LogP contribution in [-0.4, -0.2) is 47.1 Å². The Balaban J connectivity index is 1.09. The van der Waals surface area contributed by atoms with Gasteiger partial charge in [0.25, 0.3) is 0 Å². The van der Waals surface area contributed by atoms with Crippen LogP contribution in [0, 0.1) is 41.4 Å². The Morgan fingerprint density at radius 3 is 2.00 bits per heavy atom. The number of hydrogen-bond donors (Lipinski definition) is 0. The van der Waals surface area contributed by atoms with E-state index in [4.69, 9.17) is 9.47 Å². The lowest BCUT2D eigenvalue weighted by atomic mass is 9.63. The van der Waals surface area contributed by atoms with Crippen LogP contribution in [0.5, 0.6) is 5.75 Å². The molecule has 7 rings (SSSR count). The molecule has 0 aromatic heterocycles. The van der Waals surface area contributed by atoms with Gasteiger partial charge in [0.1, 0.15) is 11.8 Å². The van der Waals surface area contributed by atoms with Gasteiger partial charge < -0.3 is 9.47 Å². The lowest BCUT2D eigenvalue weighted by Crippen LogP contribution is -2.47. The van der Waals surface area contributed by atoms with Crippen molar-refractivity contribution in [1.29, 1.82) is 0 Å². The van der Waals surface area contributed by atoms with Crippen molar-refractivity contribution >= 4 is 45.5 Å². The summed E-state index contributed by atoms with van der Waals surface area (Å²) in [5, 5.41) is 0. The summed E-state index contributed by atoms with van der Waals surface area (Å²) in [4.78, 5) is 66.7. The van der Waals surface area contributed by atoms with E-state index in [2.05, 4.69) is 28.1 Å². The van der Waals surface area contributed by atoms with Gasteiger partial charge in [0.15, 0.2) is 12.4 Å². The molecule has 1 aliphatic heterocycles. The second kappa shape index (κ2) is 10.7. The van der Waals surface area contributed by atoms with E-state index >= 15 is 0 Å². The Morgan fingerprint density at radius 1 is 0.878 bits per heavy atom. The number of benzene rings is 2. The van der Waals surface area contributed by atoms with E-state index < -0.39 is 42.2 Å². The molecule has 1 heterocycles. The maximum absolute atomic E-state index is 13.6. The molecule has 41 heavy (non-hydrogen) atoms. The topological polar surface area (TPSA) is 107 Å². The van der Waals surface area contributed by atoms with Gasteiger partial charge in [-0.1, -0.05) is 41.9 Å². The van der Waals surface area contributed by atoms with Crippen molar-refractivity contribution in [2.45, 2.75) is 32.7 Å². The lowest BCUT2D eigenvalue weighted by Gasteiger charge is -2.37. The number of ether oxygens (including phenoxy) is 2. The van der Waals surface area contributed by atoms with Crippen molar-refractivity contribution in [3.8, 4) is 5.75 Å². The van der Waals surface area contributed by atoms with E-state index in [1.807, 2.05) is 13.8 Å². The third-order valence-electron chi connectivity index (χ3n) is 8.79. The Kier molecular flexibility index (Phi) is 7.18. The fourth-order valence-corrected chi connectivity index (χ4v) is 7.08. The van der Waals surface area contributed by atoms with Gasteiger partial charge in [0.2, 0.25) is 11.8 Å². The molecule has 0 spiro atoms. The molecule has 3 fully saturated rings. The number of amides is 2. The van der Waals surface area contributed by atoms with Crippen LogP contribution in [0.25, 0.3) is 0 Å². The fourth-order valence-electron chi connectivity index (χ4n) is 6.82. The van der Waals surface area contributed by atoms with E-state index in [9.17, 15) is 24.0 Å². The molecule has 2 amide bonds. The molecule has 7 unspecified atom stereocenters. The molecule has 0 N–H and O–H groups in total. The van der Waals surface area contributed by atoms with Crippen LogP contribution in [0.1, 0.15) is 47.4 Å². The number of hydrogen-bond acceptors (Lipinski definition) is 7. The second-order valence-corrected chi connectivity index (χ2v) is 12.7. The highest BCUT2D eigenvalue weighted by atomic mass is 79.9. The van der Waals surface area contributed by atoms with Crippen molar-refractivity contribution in [2.75, 3.05) is 6.61 Å². The molecule has 2 aromatic carbocycles. The Hall–Kier alpha value is -3.59. The molecular formula is C32H30BrNO7. The smallest absolute Gasteiger partial charge is 0.343 e. The van der Waals surface area contributed by atoms with Crippen LogP contribution < -0.4 is 4.74 Å². The highest BCUT2D eigenvalue weighted by Crippen LogP contribution is 2.65. The first-order valence-electron chi connectivity index (χ1n) is 14.0. The molecule has 5 aliphatic rings. The van der Waals surface area contributed by atoms with Crippen LogP contribution in [0.15, 0.2) is 65.2 Å². The summed E-state index contributed by atoms with van der Waals surface area (Å²) in [5.74, 6) is -1.79. The number of halogens is 1. The van der Waals surface area contributed by atoms with Gasteiger partial charge in [0, 0.05) is 10.0 Å². The molecule has 4 aliphatic carbocycles. The maximum Gasteiger partial charge on any atom is 0.343 e. The van der Waals surface area contributed by atoms with Crippen LogP contribution >= 0.6 is 15.9 Å². The standard InChI is InChI=1S/C32H30BrNO7/c1-16(2)13-25(34-29(36)27-21-11-12-22(24-14-23(21)24)28(27)30(34)37)32(39)40-15-26(35)17-5-9-20(10-6-17)41-31(38)18-3-7-19(33)8-4-18/h3-12,16,21-25,27-28H,13-15H2,1-2H3. The number of likely N-dealkylation sites (tertiary alicyclic amines) is 1. The average Bonchev–Trinajstić information content (AvgIpc) is 3.74. The number of esters is 2. The third kappa shape index (κ3) is 5.05. The molecule has 2 bridgehead atoms. The van der Waals surface area contributed by atoms with Crippen LogP contribution in [0.4, 0.5) is 0 Å². The number of allylic oxidation sites excluding steroid dienone is 2. The minimum atomic E-state index is -1.07. The molecule has 212 valence electrons. The molecule has 1 saturated heterocycles. The highest BCUT2D eigenvalue weighted by Gasteiger charge is 2.68. The van der Waals surface area contributed by atoms with Crippen molar-refractivity contribution in [3.05, 3.63) is 76.3 Å². The number of carbonyl (C=O) groups excluding carboxylic acids is 5. The quantitative estimate of drug-likeness (QED) is 0.130. The number of carbonyl (C=O) groups is 5. The Bertz CT molecular complexity index is 1410. The van der Waals surface area contributed by atoms with Gasteiger partial charge in [-0.25, -0.2) is 9.59 Å². The van der Waals surface area contributed by atoms with Crippen LogP contribution in [0.2, 0.25) is 0 Å². The molecular weight excluding hydrogens is 590 g/mol. The summed E-state index contributed by atoms with van der Waals surface area (Å²) in [7, 11) is 0. The highest BCUT2D eigenvalue weighted by molar-refractivity contribution is 9.10. The van der Waals surface area contributed by atoms with Gasteiger partial charge in [-0.05, 0) is 91.0 Å². The van der Waals surface area contributed by atoms with Crippen LogP contribution in [0.3, 0.4) is 0 Å². The first-order valence-corrected chi connectivity index (χ1v) is 14.8. The van der Waals surface area contributed by atoms with E-state index in [1.54, 1.807) is 24.3 Å². The van der Waals surface area contributed by atoms with Crippen molar-refractivity contribution < 1.29 is 33.4 Å². The van der Waals surface area contributed by atoms with E-state index in [0.717, 1.165) is 15.8 Å². The number of ketones is 1. The normalized spacial score (nSPS) is 27.9. The van der Waals surface area contributed by atoms with Gasteiger partial charge in [-0.3, -0.25) is 19.3 Å². The minimum absolute atomic E-state index is 0.0161. The summed E-state index contributed by atoms with van der Waals surface area (Å²) in [5.41, 5.74) is 0.647. The zero-order valence-corrected chi connectivity index (χ0v) is 24.3. The molecule has 2 aromatic rings. The van der Waals surface area contributed by atoms with Crippen molar-refractivity contribution in [2.24, 2.45) is 41.4 Å². The van der Waals surface area contributed by atoms with Gasteiger partial charge in [0.05, 0.1) is 17.4 Å². The summed E-state index contributed by atoms with van der Waals surface area (Å²) in [6.45, 7) is 3.29. The third-order valence-corrected chi connectivity index (χ3v) is 9.32. The average molecular weight is 620 g/mol. The SMILES string of the molecule is CC(C)CC(C(=O)OCC(=O)c1ccc(OC(=O)c2ccc(Br)cc2)cc1)N1C(=O)C2C3C=CC(C4CC34)C2C1=O. The van der Waals surface area contributed by atoms with E-state index in [1.165, 1.54) is 24.3 Å². The molecule has 9 heteroatoms. The predicted octanol–water partition coefficient (Wildman–Crippen LogP) is 4.86. The Morgan fingerprint density at radius 2 is 1.44 bits per heavy atom. The number of imide groups is 1. The molecule has 7 atom stereocenters. The summed E-state index contributed by atoms with van der Waals surface area (Å²) < 4.78 is 11.6. The second-order valence-electron chi connectivity index (χ2n) is 11.8. The van der Waals surface area contributed by atoms with Gasteiger partial charge >= 0.3 is 11.9 Å². The lowest BCUT2D eigenvalue weighted by molar-refractivity contribution is -0.159. The van der Waals surface area contributed by atoms with Gasteiger partial charge in [-0.15, -0.1) is 0 Å². The molecule has 0 radical (unpaired) electrons. The monoisotopic (exact) mass is 619 g/mol. The van der Waals surface area contributed by atoms with Crippen molar-refractivity contribution in [3.63, 3.8) is 0 Å². The maximum atomic E-state index is 13.6. The minimum Gasteiger partial charge on any atom is -0.456 e. The summed E-state index contributed by atoms with van der Waals surface area (Å²) in [6, 6.07) is 11.6. The first kappa shape index (κ1) is 27.6. The van der Waals surface area contributed by atoms with Crippen LogP contribution in [-0.2, 0) is 19.1 Å². The largest absolute Gasteiger partial charge is 0.456 e. The Labute approximate surface area is 246 Å². The fraction of sp³-hybridized carbons (Fsp3) is 0.406. The van der Waals surface area contributed by atoms with Gasteiger partial charge in [-0.2, -0.15) is 0 Å². The molecule has 8 nitrogen and oxygen atoms in total. The van der Waals surface area contributed by atoms with E-state index in [0.29, 0.717) is 17.4 Å². The zero-order chi connectivity index (χ0) is 29.0. The summed E-state index contributed by atoms with van der Waals surface area (Å²) in [6.07, 6.45) is 5.51. The number of rotatable bonds is 9. The molecule has 2 saturated carbocycles. The first-order chi connectivity index (χ1) is 19.6. The number of Topliss-reactive ketones (excluding diaryl/α,β-unsaturated/α-hetero) is 1. The van der Waals surface area contributed by atoms with E-state index in [-0.39, 0.29) is 47.3 Å². The zero-order valence-electron chi connectivity index (χ0n) is 22.7. The number of nitrogens with zero attached hydrogens (tertiary/aromatic N) is 1.